The van der Waals surface area contributed by atoms with E-state index < -0.39 is 11.8 Å². The average Bonchev–Trinajstić information content (AvgIpc) is 2.68. The number of carbonyl (C=O) groups is 2. The Balaban J connectivity index is 2.23. The van der Waals surface area contributed by atoms with Crippen molar-refractivity contribution in [3.8, 4) is 5.75 Å². The molecule has 0 aliphatic heterocycles. The van der Waals surface area contributed by atoms with Gasteiger partial charge < -0.3 is 20.5 Å². The fourth-order valence-electron chi connectivity index (χ4n) is 2.23. The third-order valence-electron chi connectivity index (χ3n) is 3.63. The summed E-state index contributed by atoms with van der Waals surface area (Å²) in [7, 11) is 1.57. The van der Waals surface area contributed by atoms with E-state index in [4.69, 9.17) is 9.84 Å². The molecule has 0 unspecified atom stereocenters. The Kier molecular flexibility index (Phi) is 8.03. The number of carbonyl (C=O) groups excluding carboxylic acids is 2. The lowest BCUT2D eigenvalue weighted by Gasteiger charge is -2.11. The van der Waals surface area contributed by atoms with Gasteiger partial charge in [-0.15, -0.1) is 0 Å². The second kappa shape index (κ2) is 10.5. The van der Waals surface area contributed by atoms with Crippen LogP contribution < -0.4 is 15.4 Å². The van der Waals surface area contributed by atoms with E-state index in [0.717, 1.165) is 10.0 Å². The average molecular weight is 433 g/mol. The van der Waals surface area contributed by atoms with Crippen LogP contribution in [-0.4, -0.2) is 37.2 Å². The van der Waals surface area contributed by atoms with Crippen LogP contribution in [0.3, 0.4) is 0 Å². The fourth-order valence-corrected chi connectivity index (χ4v) is 2.62. The van der Waals surface area contributed by atoms with Crippen molar-refractivity contribution in [1.82, 2.24) is 10.6 Å². The van der Waals surface area contributed by atoms with E-state index in [1.807, 2.05) is 6.07 Å². The number of rotatable bonds is 8. The van der Waals surface area contributed by atoms with Gasteiger partial charge in [-0.25, -0.2) is 0 Å². The van der Waals surface area contributed by atoms with Crippen LogP contribution in [0.15, 0.2) is 58.7 Å². The lowest BCUT2D eigenvalue weighted by atomic mass is 10.1. The topological polar surface area (TPSA) is 87.7 Å². The number of hydrogen-bond acceptors (Lipinski definition) is 4. The second-order valence-corrected chi connectivity index (χ2v) is 6.54. The third-order valence-corrected chi connectivity index (χ3v) is 4.12. The van der Waals surface area contributed by atoms with Gasteiger partial charge in [0, 0.05) is 23.2 Å². The highest BCUT2D eigenvalue weighted by atomic mass is 79.9. The van der Waals surface area contributed by atoms with Crippen molar-refractivity contribution in [2.24, 2.45) is 0 Å². The van der Waals surface area contributed by atoms with Crippen molar-refractivity contribution in [2.75, 3.05) is 20.3 Å². The van der Waals surface area contributed by atoms with Gasteiger partial charge in [-0.2, -0.15) is 0 Å². The molecule has 0 bridgehead atoms. The van der Waals surface area contributed by atoms with Crippen molar-refractivity contribution < 1.29 is 19.4 Å². The van der Waals surface area contributed by atoms with Crippen LogP contribution in [0, 0.1) is 0 Å². The molecule has 0 saturated heterocycles. The molecule has 6 nitrogen and oxygen atoms in total. The Morgan fingerprint density at radius 2 is 1.93 bits per heavy atom. The Hall–Kier alpha value is -2.64. The number of hydrogen-bond donors (Lipinski definition) is 3. The summed E-state index contributed by atoms with van der Waals surface area (Å²) in [5.41, 5.74) is 1.27. The monoisotopic (exact) mass is 432 g/mol. The SMILES string of the molecule is COc1ccc(/C=C(/NC(=O)c2cccc(Br)c2)C(=O)NCCCO)cc1. The van der Waals surface area contributed by atoms with Gasteiger partial charge in [-0.1, -0.05) is 34.1 Å². The Labute approximate surface area is 166 Å². The number of ether oxygens (including phenoxy) is 1. The molecule has 7 heteroatoms. The largest absolute Gasteiger partial charge is 0.497 e. The predicted octanol–water partition coefficient (Wildman–Crippen LogP) is 2.73. The van der Waals surface area contributed by atoms with Gasteiger partial charge in [0.2, 0.25) is 0 Å². The molecule has 27 heavy (non-hydrogen) atoms. The van der Waals surface area contributed by atoms with Crippen LogP contribution in [0.4, 0.5) is 0 Å². The smallest absolute Gasteiger partial charge is 0.267 e. The number of nitrogens with one attached hydrogen (secondary N) is 2. The molecule has 142 valence electrons. The molecule has 0 atom stereocenters. The van der Waals surface area contributed by atoms with E-state index in [9.17, 15) is 9.59 Å². The lowest BCUT2D eigenvalue weighted by Crippen LogP contribution is -2.35. The quantitative estimate of drug-likeness (QED) is 0.442. The summed E-state index contributed by atoms with van der Waals surface area (Å²) in [6.07, 6.45) is 2.02. The van der Waals surface area contributed by atoms with Crippen LogP contribution in [0.5, 0.6) is 5.75 Å². The predicted molar refractivity (Wildman–Crippen MR) is 107 cm³/mol. The van der Waals surface area contributed by atoms with Crippen LogP contribution in [-0.2, 0) is 4.79 Å². The highest BCUT2D eigenvalue weighted by Gasteiger charge is 2.14. The molecule has 2 aromatic carbocycles. The highest BCUT2D eigenvalue weighted by molar-refractivity contribution is 9.10. The van der Waals surface area contributed by atoms with E-state index in [1.165, 1.54) is 0 Å². The van der Waals surface area contributed by atoms with Crippen molar-refractivity contribution >= 4 is 33.8 Å². The standard InChI is InChI=1S/C20H21BrN2O4/c1-27-17-8-6-14(7-9-17)12-18(20(26)22-10-3-11-24)23-19(25)15-4-2-5-16(21)13-15/h2,4-9,12-13,24H,3,10-11H2,1H3,(H,22,26)(H,23,25)/b18-12+. The zero-order valence-electron chi connectivity index (χ0n) is 14.9. The second-order valence-electron chi connectivity index (χ2n) is 5.63. The van der Waals surface area contributed by atoms with Crippen LogP contribution >= 0.6 is 15.9 Å². The van der Waals surface area contributed by atoms with Gasteiger partial charge in [0.05, 0.1) is 7.11 Å². The van der Waals surface area contributed by atoms with Crippen molar-refractivity contribution in [2.45, 2.75) is 6.42 Å². The molecular weight excluding hydrogens is 412 g/mol. The fraction of sp³-hybridized carbons (Fsp3) is 0.200. The van der Waals surface area contributed by atoms with Gasteiger partial charge in [0.15, 0.2) is 0 Å². The molecule has 0 aromatic heterocycles. The van der Waals surface area contributed by atoms with Crippen molar-refractivity contribution in [3.63, 3.8) is 0 Å². The van der Waals surface area contributed by atoms with Gasteiger partial charge in [-0.3, -0.25) is 9.59 Å². The maximum atomic E-state index is 12.5. The molecule has 2 amide bonds. The van der Waals surface area contributed by atoms with Gasteiger partial charge in [0.25, 0.3) is 11.8 Å². The van der Waals surface area contributed by atoms with Gasteiger partial charge in [-0.05, 0) is 48.4 Å². The highest BCUT2D eigenvalue weighted by Crippen LogP contribution is 2.15. The number of halogens is 1. The summed E-state index contributed by atoms with van der Waals surface area (Å²) in [4.78, 5) is 25.0. The van der Waals surface area contributed by atoms with E-state index >= 15 is 0 Å². The Bertz CT molecular complexity index is 819. The first-order chi connectivity index (χ1) is 13.0. The zero-order valence-corrected chi connectivity index (χ0v) is 16.5. The van der Waals surface area contributed by atoms with Crippen LogP contribution in [0.25, 0.3) is 6.08 Å². The maximum Gasteiger partial charge on any atom is 0.267 e. The first-order valence-corrected chi connectivity index (χ1v) is 9.14. The minimum absolute atomic E-state index is 0.0256. The molecule has 2 aromatic rings. The number of methoxy groups -OCH3 is 1. The van der Waals surface area contributed by atoms with E-state index in [-0.39, 0.29) is 12.3 Å². The minimum Gasteiger partial charge on any atom is -0.497 e. The molecule has 0 aliphatic rings. The molecule has 3 N–H and O–H groups in total. The molecule has 0 saturated carbocycles. The Morgan fingerprint density at radius 1 is 1.19 bits per heavy atom. The zero-order chi connectivity index (χ0) is 19.6. The summed E-state index contributed by atoms with van der Waals surface area (Å²) >= 11 is 3.33. The van der Waals surface area contributed by atoms with Crippen LogP contribution in [0.1, 0.15) is 22.3 Å². The first-order valence-electron chi connectivity index (χ1n) is 8.35. The normalized spacial score (nSPS) is 11.0. The van der Waals surface area contributed by atoms with Gasteiger partial charge >= 0.3 is 0 Å². The number of aliphatic hydroxyl groups excluding tert-OH is 1. The summed E-state index contributed by atoms with van der Waals surface area (Å²) in [6, 6.07) is 14.0. The number of benzene rings is 2. The summed E-state index contributed by atoms with van der Waals surface area (Å²) in [6.45, 7) is 0.282. The molecule has 0 spiro atoms. The summed E-state index contributed by atoms with van der Waals surface area (Å²) < 4.78 is 5.89. The van der Waals surface area contributed by atoms with Crippen molar-refractivity contribution in [1.29, 1.82) is 0 Å². The van der Waals surface area contributed by atoms with E-state index in [1.54, 1.807) is 55.7 Å². The molecule has 0 fully saturated rings. The number of aliphatic hydroxyl groups is 1. The molecular formula is C20H21BrN2O4. The van der Waals surface area contributed by atoms with Crippen molar-refractivity contribution in [3.05, 3.63) is 69.8 Å². The summed E-state index contributed by atoms with van der Waals surface area (Å²) in [5, 5.41) is 14.2. The van der Waals surface area contributed by atoms with Crippen LogP contribution in [0.2, 0.25) is 0 Å². The third kappa shape index (κ3) is 6.54. The van der Waals surface area contributed by atoms with E-state index in [0.29, 0.717) is 24.3 Å². The minimum atomic E-state index is -0.428. The lowest BCUT2D eigenvalue weighted by molar-refractivity contribution is -0.117. The molecule has 2 rings (SSSR count). The number of amides is 2. The Morgan fingerprint density at radius 3 is 2.56 bits per heavy atom. The van der Waals surface area contributed by atoms with E-state index in [2.05, 4.69) is 26.6 Å². The van der Waals surface area contributed by atoms with Gasteiger partial charge in [0.1, 0.15) is 11.4 Å². The molecule has 0 heterocycles. The maximum absolute atomic E-state index is 12.5. The molecule has 0 aliphatic carbocycles. The molecule has 0 radical (unpaired) electrons. The first kappa shape index (κ1) is 20.7. The summed E-state index contributed by atoms with van der Waals surface area (Å²) in [5.74, 6) is -0.129.